The minimum atomic E-state index is -0.338. The third-order valence-electron chi connectivity index (χ3n) is 6.16. The Labute approximate surface area is 185 Å². The quantitative estimate of drug-likeness (QED) is 0.536. The molecule has 9 nitrogen and oxygen atoms in total. The summed E-state index contributed by atoms with van der Waals surface area (Å²) in [4.78, 5) is 34.2. The first-order valence-electron chi connectivity index (χ1n) is 10.8. The molecule has 1 aliphatic heterocycles. The molecule has 0 spiro atoms. The Morgan fingerprint density at radius 1 is 1.06 bits per heavy atom. The molecule has 4 rings (SSSR count). The molecule has 3 heterocycles. The number of nitrogens with zero attached hydrogens (tertiary/aromatic N) is 6. The Morgan fingerprint density at radius 2 is 1.78 bits per heavy atom. The van der Waals surface area contributed by atoms with Crippen LogP contribution in [0.1, 0.15) is 12.0 Å². The SMILES string of the molecule is COc1ccc(F)cc1CN1CCN(CCCn2c(=O)c3c(ncn3C)n(C)c2=O)CC1. The number of hydrogen-bond acceptors (Lipinski definition) is 6. The van der Waals surface area contributed by atoms with E-state index in [0.29, 0.717) is 36.4 Å². The van der Waals surface area contributed by atoms with E-state index < -0.39 is 0 Å². The summed E-state index contributed by atoms with van der Waals surface area (Å²) >= 11 is 0. The molecular weight excluding hydrogens is 415 g/mol. The van der Waals surface area contributed by atoms with E-state index in [9.17, 15) is 14.0 Å². The van der Waals surface area contributed by atoms with Crippen molar-refractivity contribution < 1.29 is 9.13 Å². The predicted octanol–water partition coefficient (Wildman–Crippen LogP) is 0.789. The van der Waals surface area contributed by atoms with Crippen LogP contribution in [0.5, 0.6) is 5.75 Å². The number of piperazine rings is 1. The van der Waals surface area contributed by atoms with E-state index in [4.69, 9.17) is 4.74 Å². The molecule has 2 aromatic heterocycles. The molecule has 1 aromatic carbocycles. The second-order valence-corrected chi connectivity index (χ2v) is 8.25. The summed E-state index contributed by atoms with van der Waals surface area (Å²) in [7, 11) is 4.99. The number of imidazole rings is 1. The van der Waals surface area contributed by atoms with Crippen molar-refractivity contribution in [1.29, 1.82) is 0 Å². The number of aryl methyl sites for hydroxylation is 2. The fraction of sp³-hybridized carbons (Fsp3) is 0.500. The maximum atomic E-state index is 13.6. The fourth-order valence-electron chi connectivity index (χ4n) is 4.33. The van der Waals surface area contributed by atoms with Crippen LogP contribution in [-0.4, -0.2) is 68.3 Å². The molecule has 0 amide bonds. The summed E-state index contributed by atoms with van der Waals surface area (Å²) in [6.07, 6.45) is 2.25. The van der Waals surface area contributed by atoms with Crippen LogP contribution in [0.3, 0.4) is 0 Å². The van der Waals surface area contributed by atoms with E-state index in [0.717, 1.165) is 38.3 Å². The van der Waals surface area contributed by atoms with Crippen molar-refractivity contribution in [2.24, 2.45) is 14.1 Å². The van der Waals surface area contributed by atoms with Gasteiger partial charge in [0, 0.05) is 58.9 Å². The Bertz CT molecular complexity index is 1220. The summed E-state index contributed by atoms with van der Waals surface area (Å²) in [6, 6.07) is 4.60. The van der Waals surface area contributed by atoms with Crippen molar-refractivity contribution in [3.05, 3.63) is 56.7 Å². The zero-order valence-electron chi connectivity index (χ0n) is 18.8. The Morgan fingerprint density at radius 3 is 2.50 bits per heavy atom. The molecule has 0 radical (unpaired) electrons. The molecule has 1 fully saturated rings. The van der Waals surface area contributed by atoms with Crippen LogP contribution in [0.2, 0.25) is 0 Å². The van der Waals surface area contributed by atoms with E-state index in [1.807, 2.05) is 0 Å². The number of ether oxygens (including phenoxy) is 1. The Kier molecular flexibility index (Phi) is 6.43. The van der Waals surface area contributed by atoms with Crippen LogP contribution in [0.4, 0.5) is 4.39 Å². The lowest BCUT2D eigenvalue weighted by atomic mass is 10.1. The van der Waals surface area contributed by atoms with E-state index in [2.05, 4.69) is 14.8 Å². The first-order valence-corrected chi connectivity index (χ1v) is 10.8. The molecule has 0 N–H and O–H groups in total. The van der Waals surface area contributed by atoms with E-state index >= 15 is 0 Å². The molecule has 0 unspecified atom stereocenters. The molecule has 0 atom stereocenters. The first kappa shape index (κ1) is 22.2. The Hall–Kier alpha value is -2.98. The standard InChI is InChI=1S/C22H29FN6O3/c1-25-15-24-20-19(25)21(30)29(22(31)26(20)2)8-4-7-27-9-11-28(12-10-27)14-16-13-17(23)5-6-18(16)32-3/h5-6,13,15H,4,7-12,14H2,1-3H3. The first-order chi connectivity index (χ1) is 15.4. The summed E-state index contributed by atoms with van der Waals surface area (Å²) in [5.41, 5.74) is 1.06. The highest BCUT2D eigenvalue weighted by molar-refractivity contribution is 5.69. The number of rotatable bonds is 7. The van der Waals surface area contributed by atoms with Crippen molar-refractivity contribution >= 4 is 11.2 Å². The van der Waals surface area contributed by atoms with Gasteiger partial charge in [0.15, 0.2) is 11.2 Å². The van der Waals surface area contributed by atoms with E-state index in [1.54, 1.807) is 38.2 Å². The van der Waals surface area contributed by atoms with Gasteiger partial charge in [-0.15, -0.1) is 0 Å². The number of fused-ring (bicyclic) bond motifs is 1. The number of benzene rings is 1. The average molecular weight is 445 g/mol. The monoisotopic (exact) mass is 444 g/mol. The van der Waals surface area contributed by atoms with Crippen molar-refractivity contribution in [3.8, 4) is 5.75 Å². The molecule has 0 bridgehead atoms. The maximum Gasteiger partial charge on any atom is 0.332 e. The van der Waals surface area contributed by atoms with Gasteiger partial charge in [0.1, 0.15) is 11.6 Å². The van der Waals surface area contributed by atoms with Crippen LogP contribution in [0.25, 0.3) is 11.2 Å². The summed E-state index contributed by atoms with van der Waals surface area (Å²) in [5.74, 6) is 0.441. The third kappa shape index (κ3) is 4.33. The molecule has 0 aliphatic carbocycles. The van der Waals surface area contributed by atoms with Crippen molar-refractivity contribution in [1.82, 2.24) is 28.5 Å². The number of methoxy groups -OCH3 is 1. The lowest BCUT2D eigenvalue weighted by Crippen LogP contribution is -2.46. The highest BCUT2D eigenvalue weighted by Gasteiger charge is 2.19. The summed E-state index contributed by atoms with van der Waals surface area (Å²) in [5, 5.41) is 0. The van der Waals surface area contributed by atoms with Gasteiger partial charge in [-0.05, 0) is 31.2 Å². The molecule has 3 aromatic rings. The predicted molar refractivity (Wildman–Crippen MR) is 120 cm³/mol. The zero-order valence-corrected chi connectivity index (χ0v) is 18.8. The van der Waals surface area contributed by atoms with Gasteiger partial charge in [-0.2, -0.15) is 0 Å². The minimum absolute atomic E-state index is 0.259. The van der Waals surface area contributed by atoms with Crippen LogP contribution >= 0.6 is 0 Å². The molecule has 1 saturated heterocycles. The summed E-state index contributed by atoms with van der Waals surface area (Å²) < 4.78 is 23.3. The Balaban J connectivity index is 1.33. The molecule has 32 heavy (non-hydrogen) atoms. The van der Waals surface area contributed by atoms with Gasteiger partial charge in [-0.25, -0.2) is 14.2 Å². The van der Waals surface area contributed by atoms with Crippen molar-refractivity contribution in [2.75, 3.05) is 39.8 Å². The normalized spacial score (nSPS) is 15.5. The maximum absolute atomic E-state index is 13.6. The largest absolute Gasteiger partial charge is 0.496 e. The van der Waals surface area contributed by atoms with Gasteiger partial charge in [-0.3, -0.25) is 18.8 Å². The number of aromatic nitrogens is 4. The van der Waals surface area contributed by atoms with Crippen LogP contribution in [-0.2, 0) is 27.2 Å². The fourth-order valence-corrected chi connectivity index (χ4v) is 4.33. The van der Waals surface area contributed by atoms with Gasteiger partial charge in [-0.1, -0.05) is 0 Å². The van der Waals surface area contributed by atoms with Crippen LogP contribution < -0.4 is 16.0 Å². The highest BCUT2D eigenvalue weighted by Crippen LogP contribution is 2.21. The van der Waals surface area contributed by atoms with E-state index in [-0.39, 0.29) is 17.1 Å². The molecular formula is C22H29FN6O3. The number of hydrogen-bond donors (Lipinski definition) is 0. The third-order valence-corrected chi connectivity index (χ3v) is 6.16. The molecule has 10 heteroatoms. The number of halogens is 1. The van der Waals surface area contributed by atoms with E-state index in [1.165, 1.54) is 21.3 Å². The topological polar surface area (TPSA) is 77.5 Å². The zero-order chi connectivity index (χ0) is 22.8. The van der Waals surface area contributed by atoms with Gasteiger partial charge >= 0.3 is 5.69 Å². The molecule has 0 saturated carbocycles. The molecule has 1 aliphatic rings. The average Bonchev–Trinajstić information content (AvgIpc) is 3.17. The van der Waals surface area contributed by atoms with Gasteiger partial charge in [0.2, 0.25) is 0 Å². The lowest BCUT2D eigenvalue weighted by molar-refractivity contribution is 0.124. The van der Waals surface area contributed by atoms with Crippen LogP contribution in [0.15, 0.2) is 34.1 Å². The van der Waals surface area contributed by atoms with Crippen molar-refractivity contribution in [2.45, 2.75) is 19.5 Å². The second-order valence-electron chi connectivity index (χ2n) is 8.25. The highest BCUT2D eigenvalue weighted by atomic mass is 19.1. The van der Waals surface area contributed by atoms with Gasteiger partial charge < -0.3 is 14.2 Å². The summed E-state index contributed by atoms with van der Waals surface area (Å²) in [6.45, 7) is 5.30. The smallest absolute Gasteiger partial charge is 0.332 e. The van der Waals surface area contributed by atoms with Gasteiger partial charge in [0.25, 0.3) is 5.56 Å². The molecule has 172 valence electrons. The lowest BCUT2D eigenvalue weighted by Gasteiger charge is -2.35. The van der Waals surface area contributed by atoms with Crippen molar-refractivity contribution in [3.63, 3.8) is 0 Å². The second kappa shape index (κ2) is 9.25. The van der Waals surface area contributed by atoms with Gasteiger partial charge in [0.05, 0.1) is 13.4 Å². The van der Waals surface area contributed by atoms with Crippen LogP contribution in [0, 0.1) is 5.82 Å². The minimum Gasteiger partial charge on any atom is -0.496 e.